The number of hydrogen-bond donors (Lipinski definition) is 2. The topological polar surface area (TPSA) is 55.5 Å². The molecule has 3 N–H and O–H groups in total. The van der Waals surface area contributed by atoms with E-state index in [-0.39, 0.29) is 25.1 Å². The molecule has 0 radical (unpaired) electrons. The highest BCUT2D eigenvalue weighted by Gasteiger charge is 2.11. The van der Waals surface area contributed by atoms with Gasteiger partial charge in [-0.05, 0) is 48.9 Å². The lowest BCUT2D eigenvalue weighted by Crippen LogP contribution is -2.12. The first kappa shape index (κ1) is 19.5. The molecule has 0 aliphatic heterocycles. The van der Waals surface area contributed by atoms with Gasteiger partial charge < -0.3 is 15.6 Å². The number of halogens is 1. The van der Waals surface area contributed by atoms with E-state index in [1.807, 2.05) is 18.2 Å². The average Bonchev–Trinajstić information content (AvgIpc) is 2.52. The number of hydrogen-bond acceptors (Lipinski definition) is 3. The minimum atomic E-state index is -0.0345. The molecule has 2 aromatic rings. The van der Waals surface area contributed by atoms with E-state index >= 15 is 0 Å². The lowest BCUT2D eigenvalue weighted by atomic mass is 9.98. The Hall–Kier alpha value is -1.55. The maximum absolute atomic E-state index is 8.92. The van der Waals surface area contributed by atoms with Crippen molar-refractivity contribution in [2.45, 2.75) is 39.3 Å². The predicted molar refractivity (Wildman–Crippen MR) is 97.2 cm³/mol. The van der Waals surface area contributed by atoms with Crippen LogP contribution < -0.4 is 10.5 Å². The molecule has 0 saturated heterocycles. The summed E-state index contributed by atoms with van der Waals surface area (Å²) >= 11 is 0. The zero-order valence-corrected chi connectivity index (χ0v) is 14.6. The molecule has 1 atom stereocenters. The van der Waals surface area contributed by atoms with Crippen molar-refractivity contribution >= 4 is 12.4 Å². The Balaban J connectivity index is 0.00000264. The van der Waals surface area contributed by atoms with Gasteiger partial charge in [0.1, 0.15) is 12.4 Å². The number of benzene rings is 2. The van der Waals surface area contributed by atoms with Gasteiger partial charge in [-0.1, -0.05) is 42.5 Å². The minimum absolute atomic E-state index is 0. The maximum Gasteiger partial charge on any atom is 0.125 e. The average molecular weight is 336 g/mol. The molecule has 0 heterocycles. The second kappa shape index (κ2) is 9.56. The highest BCUT2D eigenvalue weighted by Crippen LogP contribution is 2.29. The lowest BCUT2D eigenvalue weighted by Gasteiger charge is -2.17. The molecule has 0 bridgehead atoms. The van der Waals surface area contributed by atoms with Gasteiger partial charge in [0.05, 0.1) is 0 Å². The van der Waals surface area contributed by atoms with Crippen molar-refractivity contribution in [1.29, 1.82) is 0 Å². The summed E-state index contributed by atoms with van der Waals surface area (Å²) in [4.78, 5) is 0. The number of nitrogens with two attached hydrogens (primary N) is 1. The molecule has 0 spiro atoms. The SMILES string of the molecule is Cc1cc([C@@H](N)CCCO)cc(C)c1OCc1ccccc1.Cl. The molecule has 2 rings (SSSR count). The van der Waals surface area contributed by atoms with Gasteiger partial charge in [0, 0.05) is 12.6 Å². The Labute approximate surface area is 144 Å². The molecule has 4 heteroatoms. The van der Waals surface area contributed by atoms with E-state index in [2.05, 4.69) is 38.1 Å². The fourth-order valence-electron chi connectivity index (χ4n) is 2.63. The molecular formula is C19H26ClNO2. The molecule has 2 aromatic carbocycles. The van der Waals surface area contributed by atoms with Crippen LogP contribution >= 0.6 is 12.4 Å². The zero-order chi connectivity index (χ0) is 15.9. The fraction of sp³-hybridized carbons (Fsp3) is 0.368. The minimum Gasteiger partial charge on any atom is -0.488 e. The standard InChI is InChI=1S/C19H25NO2.ClH/c1-14-11-17(18(20)9-6-10-21)12-15(2)19(14)22-13-16-7-4-3-5-8-16;/h3-5,7-8,11-12,18,21H,6,9-10,13,20H2,1-2H3;1H/t18-;/m0./s1. The molecule has 3 nitrogen and oxygen atoms in total. The Kier molecular flexibility index (Phi) is 8.10. The maximum atomic E-state index is 8.92. The molecule has 0 fully saturated rings. The summed E-state index contributed by atoms with van der Waals surface area (Å²) < 4.78 is 5.99. The van der Waals surface area contributed by atoms with E-state index in [1.165, 1.54) is 0 Å². The highest BCUT2D eigenvalue weighted by atomic mass is 35.5. The van der Waals surface area contributed by atoms with Crippen molar-refractivity contribution in [3.8, 4) is 5.75 Å². The van der Waals surface area contributed by atoms with Crippen LogP contribution in [0.15, 0.2) is 42.5 Å². The van der Waals surface area contributed by atoms with E-state index < -0.39 is 0 Å². The first-order valence-corrected chi connectivity index (χ1v) is 7.76. The molecular weight excluding hydrogens is 310 g/mol. The van der Waals surface area contributed by atoms with Crippen LogP contribution in [0, 0.1) is 13.8 Å². The Morgan fingerprint density at radius 1 is 1.09 bits per heavy atom. The fourth-order valence-corrected chi connectivity index (χ4v) is 2.63. The third-order valence-corrected chi connectivity index (χ3v) is 3.81. The van der Waals surface area contributed by atoms with Crippen molar-refractivity contribution in [3.05, 3.63) is 64.7 Å². The monoisotopic (exact) mass is 335 g/mol. The van der Waals surface area contributed by atoms with Crippen LogP contribution in [0.2, 0.25) is 0 Å². The van der Waals surface area contributed by atoms with Gasteiger partial charge in [-0.15, -0.1) is 12.4 Å². The van der Waals surface area contributed by atoms with Gasteiger partial charge >= 0.3 is 0 Å². The number of rotatable bonds is 7. The molecule has 126 valence electrons. The van der Waals surface area contributed by atoms with Crippen LogP contribution in [0.3, 0.4) is 0 Å². The second-order valence-electron chi connectivity index (χ2n) is 5.73. The van der Waals surface area contributed by atoms with Crippen LogP contribution in [-0.2, 0) is 6.61 Å². The quantitative estimate of drug-likeness (QED) is 0.801. The lowest BCUT2D eigenvalue weighted by molar-refractivity contribution is 0.280. The normalized spacial score (nSPS) is 11.7. The van der Waals surface area contributed by atoms with E-state index in [4.69, 9.17) is 15.6 Å². The van der Waals surface area contributed by atoms with Crippen molar-refractivity contribution < 1.29 is 9.84 Å². The summed E-state index contributed by atoms with van der Waals surface area (Å²) in [6.45, 7) is 4.85. The van der Waals surface area contributed by atoms with Gasteiger partial charge in [0.15, 0.2) is 0 Å². The summed E-state index contributed by atoms with van der Waals surface area (Å²) in [6, 6.07) is 14.3. The Morgan fingerprint density at radius 3 is 2.26 bits per heavy atom. The van der Waals surface area contributed by atoms with Gasteiger partial charge in [0.2, 0.25) is 0 Å². The van der Waals surface area contributed by atoms with Crippen LogP contribution in [-0.4, -0.2) is 11.7 Å². The second-order valence-corrected chi connectivity index (χ2v) is 5.73. The smallest absolute Gasteiger partial charge is 0.125 e. The molecule has 0 aromatic heterocycles. The first-order valence-electron chi connectivity index (χ1n) is 7.76. The summed E-state index contributed by atoms with van der Waals surface area (Å²) in [5.41, 5.74) is 10.7. The van der Waals surface area contributed by atoms with E-state index in [0.29, 0.717) is 6.61 Å². The predicted octanol–water partition coefficient (Wildman–Crippen LogP) is 4.08. The van der Waals surface area contributed by atoms with Crippen LogP contribution in [0.25, 0.3) is 0 Å². The van der Waals surface area contributed by atoms with Gasteiger partial charge in [0.25, 0.3) is 0 Å². The first-order chi connectivity index (χ1) is 10.6. The van der Waals surface area contributed by atoms with Crippen molar-refractivity contribution in [2.75, 3.05) is 6.61 Å². The third kappa shape index (κ3) is 5.54. The summed E-state index contributed by atoms with van der Waals surface area (Å²) in [6.07, 6.45) is 1.52. The summed E-state index contributed by atoms with van der Waals surface area (Å²) in [5, 5.41) is 8.92. The van der Waals surface area contributed by atoms with Gasteiger partial charge in [-0.3, -0.25) is 0 Å². The molecule has 0 saturated carbocycles. The molecule has 0 unspecified atom stereocenters. The molecule has 0 aliphatic carbocycles. The van der Waals surface area contributed by atoms with Gasteiger partial charge in [-0.25, -0.2) is 0 Å². The Bertz CT molecular complexity index is 579. The van der Waals surface area contributed by atoms with E-state index in [0.717, 1.165) is 40.8 Å². The number of aryl methyl sites for hydroxylation is 2. The number of aliphatic hydroxyl groups excluding tert-OH is 1. The van der Waals surface area contributed by atoms with E-state index in [9.17, 15) is 0 Å². The highest BCUT2D eigenvalue weighted by molar-refractivity contribution is 5.85. The number of ether oxygens (including phenoxy) is 1. The summed E-state index contributed by atoms with van der Waals surface area (Å²) in [5.74, 6) is 0.932. The molecule has 0 amide bonds. The zero-order valence-electron chi connectivity index (χ0n) is 13.8. The van der Waals surface area contributed by atoms with Crippen molar-refractivity contribution in [3.63, 3.8) is 0 Å². The summed E-state index contributed by atoms with van der Waals surface area (Å²) in [7, 11) is 0. The largest absolute Gasteiger partial charge is 0.488 e. The van der Waals surface area contributed by atoms with Crippen LogP contribution in [0.5, 0.6) is 5.75 Å². The van der Waals surface area contributed by atoms with Crippen LogP contribution in [0.1, 0.15) is 41.1 Å². The van der Waals surface area contributed by atoms with Crippen LogP contribution in [0.4, 0.5) is 0 Å². The third-order valence-electron chi connectivity index (χ3n) is 3.81. The van der Waals surface area contributed by atoms with E-state index in [1.54, 1.807) is 0 Å². The number of aliphatic hydroxyl groups is 1. The van der Waals surface area contributed by atoms with Crippen molar-refractivity contribution in [2.24, 2.45) is 5.73 Å². The Morgan fingerprint density at radius 2 is 1.70 bits per heavy atom. The molecule has 23 heavy (non-hydrogen) atoms. The van der Waals surface area contributed by atoms with Crippen molar-refractivity contribution in [1.82, 2.24) is 0 Å². The molecule has 0 aliphatic rings. The van der Waals surface area contributed by atoms with Gasteiger partial charge in [-0.2, -0.15) is 0 Å².